The molecule has 0 bridgehead atoms. The van der Waals surface area contributed by atoms with Gasteiger partial charge in [-0.05, 0) is 24.3 Å². The van der Waals surface area contributed by atoms with Gasteiger partial charge in [-0.15, -0.1) is 6.42 Å². The van der Waals surface area contributed by atoms with E-state index in [9.17, 15) is 9.59 Å². The molecule has 2 aromatic rings. The molecular weight excluding hydrogens is 332 g/mol. The number of hydrogen-bond donors (Lipinski definition) is 0. The number of nitrogens with zero attached hydrogens (tertiary/aromatic N) is 2. The molecule has 1 fully saturated rings. The molecule has 2 amide bonds. The number of carbonyl (C=O) groups excluding carboxylic acids is 2. The zero-order valence-corrected chi connectivity index (χ0v) is 14.6. The van der Waals surface area contributed by atoms with Crippen LogP contribution in [0.1, 0.15) is 12.2 Å². The summed E-state index contributed by atoms with van der Waals surface area (Å²) >= 11 is 0. The van der Waals surface area contributed by atoms with E-state index in [0.29, 0.717) is 23.7 Å². The monoisotopic (exact) mass is 352 g/mol. The fourth-order valence-electron chi connectivity index (χ4n) is 3.13. The summed E-state index contributed by atoms with van der Waals surface area (Å²) in [6, 6.07) is 10.8. The summed E-state index contributed by atoms with van der Waals surface area (Å²) < 4.78 is 10.6. The Morgan fingerprint density at radius 1 is 1.38 bits per heavy atom. The van der Waals surface area contributed by atoms with Crippen molar-refractivity contribution in [2.75, 3.05) is 25.1 Å². The molecule has 0 unspecified atom stereocenters. The van der Waals surface area contributed by atoms with Gasteiger partial charge in [0.15, 0.2) is 0 Å². The van der Waals surface area contributed by atoms with Crippen molar-refractivity contribution in [2.24, 2.45) is 5.92 Å². The average Bonchev–Trinajstić information content (AvgIpc) is 3.30. The molecule has 134 valence electrons. The molecule has 1 atom stereocenters. The number of amides is 2. The lowest BCUT2D eigenvalue weighted by molar-refractivity contribution is -0.136. The summed E-state index contributed by atoms with van der Waals surface area (Å²) in [5.74, 6) is 3.05. The number of carbonyl (C=O) groups is 2. The van der Waals surface area contributed by atoms with Crippen molar-refractivity contribution in [3.8, 4) is 18.1 Å². The highest BCUT2D eigenvalue weighted by Gasteiger charge is 2.38. The van der Waals surface area contributed by atoms with Crippen LogP contribution in [0.5, 0.6) is 5.75 Å². The van der Waals surface area contributed by atoms with E-state index in [-0.39, 0.29) is 31.3 Å². The summed E-state index contributed by atoms with van der Waals surface area (Å²) in [5, 5.41) is 0. The van der Waals surface area contributed by atoms with Gasteiger partial charge in [0.2, 0.25) is 11.8 Å². The molecular formula is C20H20N2O4. The molecule has 0 saturated carbocycles. The lowest BCUT2D eigenvalue weighted by atomic mass is 10.1. The molecule has 1 aromatic carbocycles. The van der Waals surface area contributed by atoms with Crippen LogP contribution in [-0.2, 0) is 16.1 Å². The minimum atomic E-state index is -0.448. The Hall–Kier alpha value is -3.20. The van der Waals surface area contributed by atoms with Gasteiger partial charge in [-0.25, -0.2) is 0 Å². The smallest absolute Gasteiger partial charge is 0.229 e. The van der Waals surface area contributed by atoms with E-state index in [1.165, 1.54) is 0 Å². The standard InChI is InChI=1S/C20H20N2O4/c1-3-10-21(14-16-7-6-11-26-16)20(24)15-12-19(23)22(13-15)17-8-4-5-9-18(17)25-2/h1,4-9,11,15H,10,12-14H2,2H3/t15-/m1/s1. The third-order valence-electron chi connectivity index (χ3n) is 4.37. The van der Waals surface area contributed by atoms with E-state index in [2.05, 4.69) is 5.92 Å². The first-order valence-electron chi connectivity index (χ1n) is 8.32. The van der Waals surface area contributed by atoms with Crippen molar-refractivity contribution in [3.63, 3.8) is 0 Å². The highest BCUT2D eigenvalue weighted by Crippen LogP contribution is 2.33. The molecule has 0 spiro atoms. The maximum absolute atomic E-state index is 12.9. The van der Waals surface area contributed by atoms with Crippen LogP contribution in [0.4, 0.5) is 5.69 Å². The molecule has 0 aliphatic carbocycles. The number of methoxy groups -OCH3 is 1. The molecule has 0 radical (unpaired) electrons. The van der Waals surface area contributed by atoms with E-state index >= 15 is 0 Å². The normalized spacial score (nSPS) is 16.4. The number of hydrogen-bond acceptors (Lipinski definition) is 4. The van der Waals surface area contributed by atoms with E-state index < -0.39 is 5.92 Å². The lowest BCUT2D eigenvalue weighted by Crippen LogP contribution is -2.37. The van der Waals surface area contributed by atoms with Crippen LogP contribution in [0.25, 0.3) is 0 Å². The van der Waals surface area contributed by atoms with Crippen molar-refractivity contribution >= 4 is 17.5 Å². The molecule has 26 heavy (non-hydrogen) atoms. The van der Waals surface area contributed by atoms with Crippen LogP contribution in [0.2, 0.25) is 0 Å². The second-order valence-electron chi connectivity index (χ2n) is 6.06. The first-order chi connectivity index (χ1) is 12.6. The highest BCUT2D eigenvalue weighted by atomic mass is 16.5. The van der Waals surface area contributed by atoms with Gasteiger partial charge in [0.1, 0.15) is 11.5 Å². The molecule has 6 heteroatoms. The minimum Gasteiger partial charge on any atom is -0.495 e. The SMILES string of the molecule is C#CCN(Cc1ccco1)C(=O)[C@@H]1CC(=O)N(c2ccccc2OC)C1. The number of ether oxygens (including phenoxy) is 1. The van der Waals surface area contributed by atoms with Crippen LogP contribution < -0.4 is 9.64 Å². The molecule has 1 aliphatic heterocycles. The summed E-state index contributed by atoms with van der Waals surface area (Å²) in [5.41, 5.74) is 0.671. The van der Waals surface area contributed by atoms with Gasteiger partial charge in [-0.3, -0.25) is 9.59 Å². The maximum Gasteiger partial charge on any atom is 0.229 e. The van der Waals surface area contributed by atoms with Gasteiger partial charge in [0.05, 0.1) is 38.1 Å². The van der Waals surface area contributed by atoms with E-state index in [1.54, 1.807) is 41.4 Å². The molecule has 6 nitrogen and oxygen atoms in total. The van der Waals surface area contributed by atoms with Gasteiger partial charge in [0.25, 0.3) is 0 Å². The Labute approximate surface area is 152 Å². The fourth-order valence-corrected chi connectivity index (χ4v) is 3.13. The molecule has 3 rings (SSSR count). The third kappa shape index (κ3) is 3.57. The zero-order valence-electron chi connectivity index (χ0n) is 14.6. The summed E-state index contributed by atoms with van der Waals surface area (Å²) in [6.07, 6.45) is 7.11. The zero-order chi connectivity index (χ0) is 18.5. The van der Waals surface area contributed by atoms with Crippen molar-refractivity contribution in [1.29, 1.82) is 0 Å². The number of terminal acetylenes is 1. The van der Waals surface area contributed by atoms with Crippen LogP contribution in [0.3, 0.4) is 0 Å². The molecule has 0 N–H and O–H groups in total. The van der Waals surface area contributed by atoms with Gasteiger partial charge in [-0.2, -0.15) is 0 Å². The summed E-state index contributed by atoms with van der Waals surface area (Å²) in [4.78, 5) is 28.6. The van der Waals surface area contributed by atoms with Gasteiger partial charge < -0.3 is 19.0 Å². The van der Waals surface area contributed by atoms with Crippen LogP contribution in [-0.4, -0.2) is 36.9 Å². The van der Waals surface area contributed by atoms with Gasteiger partial charge >= 0.3 is 0 Å². The predicted octanol–water partition coefficient (Wildman–Crippen LogP) is 2.30. The third-order valence-corrected chi connectivity index (χ3v) is 4.37. The van der Waals surface area contributed by atoms with E-state index in [0.717, 1.165) is 0 Å². The van der Waals surface area contributed by atoms with Crippen LogP contribution in [0.15, 0.2) is 47.1 Å². The number of rotatable bonds is 6. The number of benzene rings is 1. The van der Waals surface area contributed by atoms with Crippen LogP contribution in [0, 0.1) is 18.3 Å². The Kier molecular flexibility index (Phi) is 5.28. The molecule has 1 aromatic heterocycles. The quantitative estimate of drug-likeness (QED) is 0.749. The second-order valence-corrected chi connectivity index (χ2v) is 6.06. The summed E-state index contributed by atoms with van der Waals surface area (Å²) in [6.45, 7) is 0.755. The van der Waals surface area contributed by atoms with E-state index in [1.807, 2.05) is 18.2 Å². The molecule has 1 aliphatic rings. The number of para-hydroxylation sites is 2. The topological polar surface area (TPSA) is 63.0 Å². The average molecular weight is 352 g/mol. The van der Waals surface area contributed by atoms with Crippen molar-refractivity contribution < 1.29 is 18.7 Å². The Morgan fingerprint density at radius 3 is 2.88 bits per heavy atom. The van der Waals surface area contributed by atoms with Gasteiger partial charge in [-0.1, -0.05) is 18.1 Å². The minimum absolute atomic E-state index is 0.105. The maximum atomic E-state index is 12.9. The first-order valence-corrected chi connectivity index (χ1v) is 8.32. The highest BCUT2D eigenvalue weighted by molar-refractivity contribution is 6.01. The molecule has 1 saturated heterocycles. The van der Waals surface area contributed by atoms with E-state index in [4.69, 9.17) is 15.6 Å². The van der Waals surface area contributed by atoms with Crippen molar-refractivity contribution in [1.82, 2.24) is 4.90 Å². The largest absolute Gasteiger partial charge is 0.495 e. The Morgan fingerprint density at radius 2 is 2.19 bits per heavy atom. The number of anilines is 1. The Balaban J connectivity index is 1.76. The summed E-state index contributed by atoms with van der Waals surface area (Å²) in [7, 11) is 1.56. The Bertz CT molecular complexity index is 823. The molecule has 2 heterocycles. The first kappa shape index (κ1) is 17.6. The second kappa shape index (κ2) is 7.79. The number of furan rings is 1. The fraction of sp³-hybridized carbons (Fsp3) is 0.300. The van der Waals surface area contributed by atoms with Crippen molar-refractivity contribution in [3.05, 3.63) is 48.4 Å². The van der Waals surface area contributed by atoms with Crippen LogP contribution >= 0.6 is 0 Å². The predicted molar refractivity (Wildman–Crippen MR) is 96.4 cm³/mol. The lowest BCUT2D eigenvalue weighted by Gasteiger charge is -2.23. The van der Waals surface area contributed by atoms with Crippen molar-refractivity contribution in [2.45, 2.75) is 13.0 Å². The van der Waals surface area contributed by atoms with Gasteiger partial charge in [0, 0.05) is 13.0 Å².